The lowest BCUT2D eigenvalue weighted by Crippen LogP contribution is -2.24. The third-order valence-corrected chi connectivity index (χ3v) is 5.47. The summed E-state index contributed by atoms with van der Waals surface area (Å²) in [7, 11) is -4.01. The summed E-state index contributed by atoms with van der Waals surface area (Å²) in [6.07, 6.45) is 5.99. The SMILES string of the molecule is CCCCCCCC(=O)NOP(=O)(OCCc1ccccc1)Oc1ccccc1. The zero-order valence-electron chi connectivity index (χ0n) is 16.9. The van der Waals surface area contributed by atoms with Crippen molar-refractivity contribution in [2.75, 3.05) is 6.61 Å². The minimum atomic E-state index is -4.01. The first-order valence-electron chi connectivity index (χ1n) is 10.1. The normalized spacial score (nSPS) is 12.9. The van der Waals surface area contributed by atoms with Crippen molar-refractivity contribution >= 4 is 13.7 Å². The van der Waals surface area contributed by atoms with Crippen LogP contribution < -0.4 is 10.0 Å². The van der Waals surface area contributed by atoms with Crippen LogP contribution in [0.2, 0.25) is 0 Å². The number of carbonyl (C=O) groups is 1. The van der Waals surface area contributed by atoms with Gasteiger partial charge in [-0.15, -0.1) is 0 Å². The molecule has 1 atom stereocenters. The Labute approximate surface area is 173 Å². The number of phosphoric acid groups is 1. The predicted octanol–water partition coefficient (Wildman–Crippen LogP) is 5.84. The van der Waals surface area contributed by atoms with Crippen LogP contribution in [-0.4, -0.2) is 12.5 Å². The molecule has 0 saturated carbocycles. The highest BCUT2D eigenvalue weighted by molar-refractivity contribution is 7.48. The zero-order valence-corrected chi connectivity index (χ0v) is 17.8. The minimum Gasteiger partial charge on any atom is -0.403 e. The molecular formula is C22H30NO5P. The number of amides is 1. The van der Waals surface area contributed by atoms with E-state index in [4.69, 9.17) is 13.7 Å². The van der Waals surface area contributed by atoms with Crippen molar-refractivity contribution in [2.24, 2.45) is 0 Å². The molecule has 0 heterocycles. The standard InChI is InChI=1S/C22H30NO5P/c1-2-3-4-5-12-17-22(24)23-28-29(25,27-21-15-10-7-11-16-21)26-19-18-20-13-8-6-9-14-20/h6-11,13-16H,2-5,12,17-19H2,1H3,(H,23,24). The minimum absolute atomic E-state index is 0.126. The molecule has 158 valence electrons. The maximum Gasteiger partial charge on any atom is 0.552 e. The van der Waals surface area contributed by atoms with E-state index >= 15 is 0 Å². The summed E-state index contributed by atoms with van der Waals surface area (Å²) in [5.74, 6) is -0.00518. The number of unbranched alkanes of at least 4 members (excludes halogenated alkanes) is 4. The van der Waals surface area contributed by atoms with Crippen molar-refractivity contribution < 1.29 is 23.0 Å². The molecule has 2 aromatic carbocycles. The summed E-state index contributed by atoms with van der Waals surface area (Å²) in [4.78, 5) is 12.0. The van der Waals surface area contributed by atoms with E-state index in [1.54, 1.807) is 24.3 Å². The Hall–Kier alpha value is -2.14. The van der Waals surface area contributed by atoms with E-state index in [9.17, 15) is 9.36 Å². The van der Waals surface area contributed by atoms with Crippen LogP contribution >= 0.6 is 7.82 Å². The van der Waals surface area contributed by atoms with Gasteiger partial charge in [0.25, 0.3) is 0 Å². The molecule has 0 radical (unpaired) electrons. The smallest absolute Gasteiger partial charge is 0.403 e. The van der Waals surface area contributed by atoms with Crippen molar-refractivity contribution in [3.8, 4) is 5.75 Å². The Balaban J connectivity index is 1.86. The Morgan fingerprint density at radius 3 is 2.28 bits per heavy atom. The van der Waals surface area contributed by atoms with Gasteiger partial charge in [0.2, 0.25) is 5.91 Å². The van der Waals surface area contributed by atoms with Crippen LogP contribution in [0.3, 0.4) is 0 Å². The molecule has 0 bridgehead atoms. The number of hydrogen-bond donors (Lipinski definition) is 1. The Kier molecular flexibility index (Phi) is 10.5. The molecule has 1 unspecified atom stereocenters. The van der Waals surface area contributed by atoms with E-state index in [-0.39, 0.29) is 12.5 Å². The summed E-state index contributed by atoms with van der Waals surface area (Å²) in [6.45, 7) is 2.27. The molecule has 0 aliphatic rings. The van der Waals surface area contributed by atoms with Crippen molar-refractivity contribution in [2.45, 2.75) is 51.9 Å². The molecular weight excluding hydrogens is 389 g/mol. The molecule has 29 heavy (non-hydrogen) atoms. The van der Waals surface area contributed by atoms with Gasteiger partial charge in [-0.1, -0.05) is 81.1 Å². The maximum absolute atomic E-state index is 13.0. The number of para-hydroxylation sites is 1. The van der Waals surface area contributed by atoms with E-state index in [2.05, 4.69) is 12.4 Å². The molecule has 1 amide bonds. The molecule has 1 N–H and O–H groups in total. The van der Waals surface area contributed by atoms with E-state index in [0.29, 0.717) is 18.6 Å². The number of rotatable bonds is 14. The van der Waals surface area contributed by atoms with Crippen LogP contribution in [0.15, 0.2) is 60.7 Å². The number of nitrogens with one attached hydrogen (secondary N) is 1. The lowest BCUT2D eigenvalue weighted by molar-refractivity contribution is -0.128. The monoisotopic (exact) mass is 419 g/mol. The fourth-order valence-corrected chi connectivity index (χ4v) is 3.70. The van der Waals surface area contributed by atoms with E-state index < -0.39 is 7.82 Å². The maximum atomic E-state index is 13.0. The molecule has 0 aromatic heterocycles. The van der Waals surface area contributed by atoms with Gasteiger partial charge in [-0.05, 0) is 30.5 Å². The van der Waals surface area contributed by atoms with Crippen LogP contribution in [0.1, 0.15) is 51.0 Å². The third-order valence-electron chi connectivity index (χ3n) is 4.22. The number of hydroxylamine groups is 1. The van der Waals surface area contributed by atoms with Crippen LogP contribution in [0.25, 0.3) is 0 Å². The average molecular weight is 419 g/mol. The van der Waals surface area contributed by atoms with Crippen molar-refractivity contribution in [1.29, 1.82) is 0 Å². The van der Waals surface area contributed by atoms with Crippen molar-refractivity contribution in [1.82, 2.24) is 5.48 Å². The van der Waals surface area contributed by atoms with Gasteiger partial charge in [-0.2, -0.15) is 4.62 Å². The highest BCUT2D eigenvalue weighted by atomic mass is 31.2. The van der Waals surface area contributed by atoms with E-state index in [0.717, 1.165) is 37.7 Å². The second-order valence-electron chi connectivity index (χ2n) is 6.70. The lowest BCUT2D eigenvalue weighted by Gasteiger charge is -2.18. The summed E-state index contributed by atoms with van der Waals surface area (Å²) in [5.41, 5.74) is 3.27. The second-order valence-corrected chi connectivity index (χ2v) is 8.22. The summed E-state index contributed by atoms with van der Waals surface area (Å²) in [5, 5.41) is 0. The van der Waals surface area contributed by atoms with Gasteiger partial charge in [0.15, 0.2) is 0 Å². The quantitative estimate of drug-likeness (QED) is 0.236. The lowest BCUT2D eigenvalue weighted by atomic mass is 10.1. The molecule has 2 rings (SSSR count). The molecule has 0 saturated heterocycles. The molecule has 6 nitrogen and oxygen atoms in total. The number of carbonyl (C=O) groups excluding carboxylic acids is 1. The first kappa shape index (κ1) is 23.1. The Morgan fingerprint density at radius 2 is 1.59 bits per heavy atom. The van der Waals surface area contributed by atoms with Gasteiger partial charge >= 0.3 is 7.82 Å². The number of benzene rings is 2. The van der Waals surface area contributed by atoms with E-state index in [1.807, 2.05) is 36.4 Å². The van der Waals surface area contributed by atoms with Gasteiger partial charge in [0, 0.05) is 6.42 Å². The van der Waals surface area contributed by atoms with Gasteiger partial charge in [0.1, 0.15) is 5.75 Å². The largest absolute Gasteiger partial charge is 0.552 e. The average Bonchev–Trinajstić information content (AvgIpc) is 2.74. The van der Waals surface area contributed by atoms with Gasteiger partial charge < -0.3 is 4.52 Å². The molecule has 7 heteroatoms. The predicted molar refractivity (Wildman–Crippen MR) is 113 cm³/mol. The summed E-state index contributed by atoms with van der Waals surface area (Å²) >= 11 is 0. The molecule has 0 aliphatic heterocycles. The zero-order chi connectivity index (χ0) is 20.8. The fourth-order valence-electron chi connectivity index (χ4n) is 2.65. The number of hydrogen-bond acceptors (Lipinski definition) is 5. The summed E-state index contributed by atoms with van der Waals surface area (Å²) in [6, 6.07) is 18.3. The third kappa shape index (κ3) is 9.75. The summed E-state index contributed by atoms with van der Waals surface area (Å²) < 4.78 is 29.0. The van der Waals surface area contributed by atoms with Gasteiger partial charge in [0.05, 0.1) is 6.61 Å². The van der Waals surface area contributed by atoms with E-state index in [1.165, 1.54) is 0 Å². The molecule has 2 aromatic rings. The topological polar surface area (TPSA) is 73.9 Å². The second kappa shape index (κ2) is 13.2. The molecule has 0 fully saturated rings. The van der Waals surface area contributed by atoms with Gasteiger partial charge in [-0.3, -0.25) is 9.32 Å². The van der Waals surface area contributed by atoms with Gasteiger partial charge in [-0.25, -0.2) is 10.0 Å². The van der Waals surface area contributed by atoms with Crippen molar-refractivity contribution in [3.05, 3.63) is 66.2 Å². The van der Waals surface area contributed by atoms with Crippen LogP contribution in [0.4, 0.5) is 0 Å². The number of phosphoric ester groups is 1. The van der Waals surface area contributed by atoms with Crippen LogP contribution in [0.5, 0.6) is 5.75 Å². The first-order valence-corrected chi connectivity index (χ1v) is 11.6. The van der Waals surface area contributed by atoms with Crippen LogP contribution in [0, 0.1) is 0 Å². The molecule has 0 spiro atoms. The highest BCUT2D eigenvalue weighted by Gasteiger charge is 2.30. The Morgan fingerprint density at radius 1 is 0.931 bits per heavy atom. The molecule has 0 aliphatic carbocycles. The first-order chi connectivity index (χ1) is 14.1. The highest BCUT2D eigenvalue weighted by Crippen LogP contribution is 2.48. The fraction of sp³-hybridized carbons (Fsp3) is 0.409. The van der Waals surface area contributed by atoms with Crippen LogP contribution in [-0.2, 0) is 24.9 Å². The van der Waals surface area contributed by atoms with Crippen molar-refractivity contribution in [3.63, 3.8) is 0 Å². The Bertz CT molecular complexity index is 754.